The van der Waals surface area contributed by atoms with Gasteiger partial charge < -0.3 is 10.1 Å². The van der Waals surface area contributed by atoms with Gasteiger partial charge in [0.2, 0.25) is 5.91 Å². The molecule has 2 amide bonds. The highest BCUT2D eigenvalue weighted by molar-refractivity contribution is 7.14. The quantitative estimate of drug-likeness (QED) is 0.728. The van der Waals surface area contributed by atoms with Crippen LogP contribution in [0.1, 0.15) is 24.1 Å². The summed E-state index contributed by atoms with van der Waals surface area (Å²) in [6.07, 6.45) is 1.23. The highest BCUT2D eigenvalue weighted by Gasteiger charge is 2.24. The van der Waals surface area contributed by atoms with Crippen LogP contribution in [0.2, 0.25) is 0 Å². The number of nitrogens with one attached hydrogen (secondary N) is 1. The molecule has 1 N–H and O–H groups in total. The predicted molar refractivity (Wildman–Crippen MR) is 96.6 cm³/mol. The van der Waals surface area contributed by atoms with Crippen LogP contribution in [0.25, 0.3) is 0 Å². The molecular weight excluding hydrogens is 373 g/mol. The van der Waals surface area contributed by atoms with Gasteiger partial charge in [-0.05, 0) is 12.5 Å². The number of nitrogens with zero attached hydrogens (tertiary/aromatic N) is 2. The number of esters is 1. The molecule has 7 nitrogen and oxygen atoms in total. The van der Waals surface area contributed by atoms with Crippen LogP contribution < -0.4 is 10.2 Å². The number of carbonyl (C=O) groups excluding carboxylic acids is 3. The average molecular weight is 391 g/mol. The number of aromatic nitrogens is 1. The van der Waals surface area contributed by atoms with E-state index in [4.69, 9.17) is 4.74 Å². The van der Waals surface area contributed by atoms with Crippen molar-refractivity contribution in [1.29, 1.82) is 0 Å². The van der Waals surface area contributed by atoms with Crippen LogP contribution in [-0.4, -0.2) is 35.9 Å². The first-order valence-electron chi connectivity index (χ1n) is 8.43. The molecule has 9 heteroatoms. The van der Waals surface area contributed by atoms with Crippen molar-refractivity contribution >= 4 is 34.3 Å². The Bertz CT molecular complexity index is 855. The van der Waals surface area contributed by atoms with Crippen molar-refractivity contribution in [2.75, 3.05) is 18.1 Å². The van der Waals surface area contributed by atoms with Crippen LogP contribution in [0, 0.1) is 5.82 Å². The maximum atomic E-state index is 13.5. The number of anilines is 1. The summed E-state index contributed by atoms with van der Waals surface area (Å²) in [5.74, 6) is -1.50. The zero-order valence-electron chi connectivity index (χ0n) is 14.4. The first kappa shape index (κ1) is 19.0. The number of amides is 2. The summed E-state index contributed by atoms with van der Waals surface area (Å²) in [7, 11) is 0. The molecule has 1 aromatic heterocycles. The maximum Gasteiger partial charge on any atom is 0.312 e. The summed E-state index contributed by atoms with van der Waals surface area (Å²) >= 11 is 1.30. The van der Waals surface area contributed by atoms with Crippen LogP contribution in [0.3, 0.4) is 0 Å². The molecule has 0 aliphatic carbocycles. The topological polar surface area (TPSA) is 88.6 Å². The Labute approximate surface area is 159 Å². The molecule has 1 saturated heterocycles. The lowest BCUT2D eigenvalue weighted by molar-refractivity contribution is -0.147. The molecule has 2 heterocycles. The van der Waals surface area contributed by atoms with E-state index in [0.29, 0.717) is 29.4 Å². The second-order valence-electron chi connectivity index (χ2n) is 5.98. The van der Waals surface area contributed by atoms with Crippen molar-refractivity contribution < 1.29 is 23.5 Å². The Kier molecular flexibility index (Phi) is 6.12. The first-order valence-corrected chi connectivity index (χ1v) is 9.31. The number of halogens is 1. The Morgan fingerprint density at radius 2 is 2.15 bits per heavy atom. The van der Waals surface area contributed by atoms with Gasteiger partial charge in [-0.2, -0.15) is 0 Å². The smallest absolute Gasteiger partial charge is 0.312 e. The van der Waals surface area contributed by atoms with Gasteiger partial charge in [0.05, 0.1) is 12.1 Å². The van der Waals surface area contributed by atoms with Crippen LogP contribution in [0.5, 0.6) is 0 Å². The number of benzene rings is 1. The van der Waals surface area contributed by atoms with Crippen molar-refractivity contribution in [1.82, 2.24) is 10.3 Å². The fourth-order valence-corrected chi connectivity index (χ4v) is 3.45. The van der Waals surface area contributed by atoms with Gasteiger partial charge in [-0.15, -0.1) is 11.3 Å². The highest BCUT2D eigenvalue weighted by atomic mass is 32.1. The van der Waals surface area contributed by atoms with E-state index in [-0.39, 0.29) is 18.9 Å². The third-order valence-corrected chi connectivity index (χ3v) is 4.88. The van der Waals surface area contributed by atoms with Crippen molar-refractivity contribution in [3.05, 3.63) is 46.7 Å². The third-order valence-electron chi connectivity index (χ3n) is 3.97. The van der Waals surface area contributed by atoms with E-state index >= 15 is 0 Å². The standard InChI is InChI=1S/C18H18FN3O4S/c19-14-5-2-1-4-12(14)9-20-15(23)10-26-17(25)8-13-11-27-18(21-13)22-7-3-6-16(22)24/h1-2,4-5,11H,3,6-10H2,(H,20,23). The molecule has 1 aromatic carbocycles. The molecule has 142 valence electrons. The Hall–Kier alpha value is -2.81. The van der Waals surface area contributed by atoms with Crippen molar-refractivity contribution in [3.8, 4) is 0 Å². The summed E-state index contributed by atoms with van der Waals surface area (Å²) in [5.41, 5.74) is 0.843. The van der Waals surface area contributed by atoms with Gasteiger partial charge in [0.15, 0.2) is 11.7 Å². The second-order valence-corrected chi connectivity index (χ2v) is 6.81. The molecule has 0 unspecified atom stereocenters. The SMILES string of the molecule is O=C(COC(=O)Cc1csc(N2CCCC2=O)n1)NCc1ccccc1F. The lowest BCUT2D eigenvalue weighted by Gasteiger charge is -2.10. The Balaban J connectivity index is 1.42. The molecule has 0 spiro atoms. The molecule has 1 fully saturated rings. The largest absolute Gasteiger partial charge is 0.455 e. The number of carbonyl (C=O) groups is 3. The van der Waals surface area contributed by atoms with Gasteiger partial charge in [0, 0.05) is 30.5 Å². The van der Waals surface area contributed by atoms with E-state index in [1.165, 1.54) is 17.4 Å². The Morgan fingerprint density at radius 3 is 2.89 bits per heavy atom. The van der Waals surface area contributed by atoms with E-state index in [0.717, 1.165) is 6.42 Å². The molecule has 2 aromatic rings. The van der Waals surface area contributed by atoms with Gasteiger partial charge >= 0.3 is 5.97 Å². The molecule has 27 heavy (non-hydrogen) atoms. The zero-order chi connectivity index (χ0) is 19.2. The van der Waals surface area contributed by atoms with E-state index in [2.05, 4.69) is 10.3 Å². The predicted octanol–water partition coefficient (Wildman–Crippen LogP) is 1.81. The summed E-state index contributed by atoms with van der Waals surface area (Å²) in [4.78, 5) is 41.2. The van der Waals surface area contributed by atoms with Gasteiger partial charge in [0.25, 0.3) is 5.91 Å². The molecule has 0 atom stereocenters. The molecule has 0 bridgehead atoms. The van der Waals surface area contributed by atoms with E-state index in [1.54, 1.807) is 28.5 Å². The van der Waals surface area contributed by atoms with Gasteiger partial charge in [0.1, 0.15) is 5.82 Å². The number of rotatable bonds is 7. The second kappa shape index (κ2) is 8.72. The number of hydrogen-bond donors (Lipinski definition) is 1. The van der Waals surface area contributed by atoms with Crippen LogP contribution in [0.15, 0.2) is 29.6 Å². The van der Waals surface area contributed by atoms with Crippen molar-refractivity contribution in [2.45, 2.75) is 25.8 Å². The van der Waals surface area contributed by atoms with Crippen molar-refractivity contribution in [2.24, 2.45) is 0 Å². The maximum absolute atomic E-state index is 13.5. The minimum Gasteiger partial charge on any atom is -0.455 e. The normalized spacial score (nSPS) is 13.7. The fourth-order valence-electron chi connectivity index (χ4n) is 2.58. The highest BCUT2D eigenvalue weighted by Crippen LogP contribution is 2.25. The fraction of sp³-hybridized carbons (Fsp3) is 0.333. The van der Waals surface area contributed by atoms with Crippen LogP contribution in [0.4, 0.5) is 9.52 Å². The summed E-state index contributed by atoms with van der Waals surface area (Å²) in [5, 5.41) is 4.76. The Morgan fingerprint density at radius 1 is 1.33 bits per heavy atom. The molecular formula is C18H18FN3O4S. The number of thiazole rings is 1. The summed E-state index contributed by atoms with van der Waals surface area (Å²) in [6, 6.07) is 6.10. The van der Waals surface area contributed by atoms with Gasteiger partial charge in [-0.1, -0.05) is 18.2 Å². The zero-order valence-corrected chi connectivity index (χ0v) is 15.3. The molecule has 0 saturated carbocycles. The minimum absolute atomic E-state index is 0.0162. The third kappa shape index (κ3) is 5.10. The molecule has 1 aliphatic rings. The molecule has 1 aliphatic heterocycles. The minimum atomic E-state index is -0.597. The molecule has 0 radical (unpaired) electrons. The lowest BCUT2D eigenvalue weighted by Crippen LogP contribution is -2.29. The van der Waals surface area contributed by atoms with E-state index in [1.807, 2.05) is 0 Å². The van der Waals surface area contributed by atoms with Gasteiger partial charge in [-0.25, -0.2) is 9.37 Å². The summed E-state index contributed by atoms with van der Waals surface area (Å²) < 4.78 is 18.4. The lowest BCUT2D eigenvalue weighted by atomic mass is 10.2. The van der Waals surface area contributed by atoms with Crippen LogP contribution >= 0.6 is 11.3 Å². The summed E-state index contributed by atoms with van der Waals surface area (Å²) in [6.45, 7) is 0.204. The van der Waals surface area contributed by atoms with E-state index < -0.39 is 24.3 Å². The number of hydrogen-bond acceptors (Lipinski definition) is 6. The monoisotopic (exact) mass is 391 g/mol. The van der Waals surface area contributed by atoms with Crippen LogP contribution in [-0.2, 0) is 32.1 Å². The molecule has 3 rings (SSSR count). The van der Waals surface area contributed by atoms with E-state index in [9.17, 15) is 18.8 Å². The van der Waals surface area contributed by atoms with Crippen molar-refractivity contribution in [3.63, 3.8) is 0 Å². The first-order chi connectivity index (χ1) is 13.0. The van der Waals surface area contributed by atoms with Gasteiger partial charge in [-0.3, -0.25) is 19.3 Å². The average Bonchev–Trinajstić information content (AvgIpc) is 3.28. The number of ether oxygens (including phenoxy) is 1.